The third kappa shape index (κ3) is 3.21. The molecule has 2 heterocycles. The largest absolute Gasteiger partial charge is 0.489 e. The number of aldehydes is 1. The van der Waals surface area contributed by atoms with Crippen LogP contribution in [0.15, 0.2) is 10.9 Å². The van der Waals surface area contributed by atoms with Crippen molar-refractivity contribution < 1.29 is 23.4 Å². The Bertz CT molecular complexity index is 591. The predicted molar refractivity (Wildman–Crippen MR) is 103 cm³/mol. The molecule has 0 bridgehead atoms. The Morgan fingerprint density at radius 3 is 1.54 bits per heavy atom. The van der Waals surface area contributed by atoms with E-state index in [1.165, 1.54) is 0 Å². The zero-order valence-electron chi connectivity index (χ0n) is 17.5. The lowest BCUT2D eigenvalue weighted by Crippen LogP contribution is -2.41. The molecule has 0 saturated carbocycles. The second kappa shape index (κ2) is 6.20. The molecular formula is C19H32B2O5. The van der Waals surface area contributed by atoms with Crippen molar-refractivity contribution >= 4 is 20.5 Å². The maximum Gasteiger partial charge on any atom is 0.489 e. The summed E-state index contributed by atoms with van der Waals surface area (Å²) in [4.78, 5) is 11.4. The molecule has 0 aromatic carbocycles. The average Bonchev–Trinajstić information content (AvgIpc) is 2.86. The number of hydrogen-bond donors (Lipinski definition) is 0. The van der Waals surface area contributed by atoms with Gasteiger partial charge in [-0.05, 0) is 85.6 Å². The molecule has 0 amide bonds. The Labute approximate surface area is 158 Å². The number of carbonyl (C=O) groups excluding carboxylic acids is 1. The molecule has 2 saturated heterocycles. The highest BCUT2D eigenvalue weighted by atomic mass is 16.7. The Morgan fingerprint density at radius 1 is 0.769 bits per heavy atom. The van der Waals surface area contributed by atoms with Gasteiger partial charge < -0.3 is 23.4 Å². The minimum atomic E-state index is -0.461. The summed E-state index contributed by atoms with van der Waals surface area (Å²) in [6, 6.07) is 0. The second-order valence-electron chi connectivity index (χ2n) is 9.87. The van der Waals surface area contributed by atoms with Crippen LogP contribution in [0, 0.1) is 5.92 Å². The van der Waals surface area contributed by atoms with Crippen molar-refractivity contribution in [3.63, 3.8) is 0 Å². The topological polar surface area (TPSA) is 54.0 Å². The molecule has 2 aliphatic heterocycles. The molecule has 0 aromatic heterocycles. The van der Waals surface area contributed by atoms with E-state index in [1.54, 1.807) is 0 Å². The lowest BCUT2D eigenvalue weighted by atomic mass is 9.58. The first-order valence-electron chi connectivity index (χ1n) is 9.68. The predicted octanol–water partition coefficient (Wildman–Crippen LogP) is 3.54. The van der Waals surface area contributed by atoms with Crippen LogP contribution in [-0.2, 0) is 23.4 Å². The van der Waals surface area contributed by atoms with Crippen molar-refractivity contribution in [3.05, 3.63) is 10.9 Å². The number of hydrogen-bond acceptors (Lipinski definition) is 5. The number of carbonyl (C=O) groups is 1. The van der Waals surface area contributed by atoms with Crippen LogP contribution < -0.4 is 0 Å². The molecule has 0 radical (unpaired) electrons. The Morgan fingerprint density at radius 2 is 1.15 bits per heavy atom. The van der Waals surface area contributed by atoms with Gasteiger partial charge in [-0.2, -0.15) is 0 Å². The maximum atomic E-state index is 11.4. The van der Waals surface area contributed by atoms with Crippen molar-refractivity contribution in [2.75, 3.05) is 0 Å². The van der Waals surface area contributed by atoms with Gasteiger partial charge in [-0.1, -0.05) is 0 Å². The van der Waals surface area contributed by atoms with E-state index in [4.69, 9.17) is 18.6 Å². The summed E-state index contributed by atoms with van der Waals surface area (Å²) in [5.41, 5.74) is 0.478. The van der Waals surface area contributed by atoms with Crippen LogP contribution in [0.2, 0.25) is 0 Å². The van der Waals surface area contributed by atoms with Gasteiger partial charge in [0.15, 0.2) is 0 Å². The molecule has 26 heavy (non-hydrogen) atoms. The van der Waals surface area contributed by atoms with Crippen molar-refractivity contribution in [1.82, 2.24) is 0 Å². The lowest BCUT2D eigenvalue weighted by molar-refractivity contribution is -0.111. The van der Waals surface area contributed by atoms with E-state index in [-0.39, 0.29) is 5.92 Å². The molecule has 1 aliphatic carbocycles. The monoisotopic (exact) mass is 362 g/mol. The first-order chi connectivity index (χ1) is 11.8. The van der Waals surface area contributed by atoms with Crippen LogP contribution in [0.5, 0.6) is 0 Å². The van der Waals surface area contributed by atoms with E-state index in [0.29, 0.717) is 6.42 Å². The van der Waals surface area contributed by atoms with Gasteiger partial charge in [0.1, 0.15) is 6.29 Å². The Kier molecular flexibility index (Phi) is 4.79. The van der Waals surface area contributed by atoms with Crippen LogP contribution >= 0.6 is 0 Å². The molecule has 1 unspecified atom stereocenters. The van der Waals surface area contributed by atoms with Gasteiger partial charge in [-0.15, -0.1) is 0 Å². The van der Waals surface area contributed by atoms with Crippen molar-refractivity contribution in [2.24, 2.45) is 5.92 Å². The Balaban J connectivity index is 1.96. The van der Waals surface area contributed by atoms with Crippen LogP contribution in [0.3, 0.4) is 0 Å². The van der Waals surface area contributed by atoms with Gasteiger partial charge in [-0.3, -0.25) is 0 Å². The molecule has 5 nitrogen and oxygen atoms in total. The molecule has 2 fully saturated rings. The summed E-state index contributed by atoms with van der Waals surface area (Å²) < 4.78 is 25.1. The number of allylic oxidation sites excluding steroid dienone is 2. The van der Waals surface area contributed by atoms with Crippen LogP contribution in [0.4, 0.5) is 0 Å². The van der Waals surface area contributed by atoms with Gasteiger partial charge in [0.05, 0.1) is 22.4 Å². The molecule has 144 valence electrons. The van der Waals surface area contributed by atoms with Crippen molar-refractivity contribution in [1.29, 1.82) is 0 Å². The van der Waals surface area contributed by atoms with E-state index in [2.05, 4.69) is 27.7 Å². The normalized spacial score (nSPS) is 32.2. The summed E-state index contributed by atoms with van der Waals surface area (Å²) in [5.74, 6) is -0.00445. The molecule has 0 aromatic rings. The van der Waals surface area contributed by atoms with E-state index in [9.17, 15) is 4.79 Å². The Hall–Kier alpha value is -0.620. The summed E-state index contributed by atoms with van der Waals surface area (Å²) in [6.45, 7) is 16.4. The van der Waals surface area contributed by atoms with Gasteiger partial charge in [0.25, 0.3) is 0 Å². The highest BCUT2D eigenvalue weighted by molar-refractivity contribution is 6.62. The summed E-state index contributed by atoms with van der Waals surface area (Å²) >= 11 is 0. The van der Waals surface area contributed by atoms with Crippen LogP contribution in [0.25, 0.3) is 0 Å². The van der Waals surface area contributed by atoms with Gasteiger partial charge in [0, 0.05) is 5.92 Å². The minimum absolute atomic E-state index is 0.00445. The minimum Gasteiger partial charge on any atom is -0.400 e. The lowest BCUT2D eigenvalue weighted by Gasteiger charge is -2.32. The third-order valence-corrected chi connectivity index (χ3v) is 6.95. The standard InChI is InChI=1S/C19H32B2O5/c1-16(2)17(3,4)24-20(23-16)14-10-9-13(12-22)11-15(14)21-25-18(5,6)19(7,8)26-21/h12-13H,9-11H2,1-8H3. The fourth-order valence-corrected chi connectivity index (χ4v) is 3.62. The van der Waals surface area contributed by atoms with Crippen LogP contribution in [0.1, 0.15) is 74.7 Å². The second-order valence-corrected chi connectivity index (χ2v) is 9.87. The van der Waals surface area contributed by atoms with Gasteiger partial charge in [0.2, 0.25) is 0 Å². The van der Waals surface area contributed by atoms with E-state index >= 15 is 0 Å². The molecule has 0 N–H and O–H groups in total. The fourth-order valence-electron chi connectivity index (χ4n) is 3.62. The van der Waals surface area contributed by atoms with Gasteiger partial charge in [-0.25, -0.2) is 0 Å². The molecule has 3 rings (SSSR count). The summed E-state index contributed by atoms with van der Waals surface area (Å²) in [7, 11) is -0.876. The quantitative estimate of drug-likeness (QED) is 0.568. The smallest absolute Gasteiger partial charge is 0.400 e. The first kappa shape index (κ1) is 20.1. The van der Waals surface area contributed by atoms with Crippen molar-refractivity contribution in [3.8, 4) is 0 Å². The number of rotatable bonds is 3. The zero-order chi connectivity index (χ0) is 19.5. The van der Waals surface area contributed by atoms with E-state index < -0.39 is 36.6 Å². The fraction of sp³-hybridized carbons (Fsp3) is 0.842. The first-order valence-corrected chi connectivity index (χ1v) is 9.68. The zero-order valence-corrected chi connectivity index (χ0v) is 17.5. The SMILES string of the molecule is CC1(C)OB(C2=C(B3OC(C)(C)C(C)(C)O3)CC(C=O)CC2)OC1(C)C. The van der Waals surface area contributed by atoms with Crippen LogP contribution in [-0.4, -0.2) is 42.9 Å². The summed E-state index contributed by atoms with van der Waals surface area (Å²) in [5, 5.41) is 0. The van der Waals surface area contributed by atoms with Gasteiger partial charge >= 0.3 is 14.2 Å². The van der Waals surface area contributed by atoms with E-state index in [0.717, 1.165) is 30.1 Å². The average molecular weight is 362 g/mol. The van der Waals surface area contributed by atoms with Crippen molar-refractivity contribution in [2.45, 2.75) is 97.1 Å². The summed E-state index contributed by atoms with van der Waals surface area (Å²) in [6.07, 6.45) is 3.26. The molecule has 3 aliphatic rings. The maximum absolute atomic E-state index is 11.4. The molecular weight excluding hydrogens is 330 g/mol. The highest BCUT2D eigenvalue weighted by Crippen LogP contribution is 2.45. The highest BCUT2D eigenvalue weighted by Gasteiger charge is 2.57. The molecule has 0 spiro atoms. The molecule has 7 heteroatoms. The van der Waals surface area contributed by atoms with E-state index in [1.807, 2.05) is 27.7 Å². The third-order valence-electron chi connectivity index (χ3n) is 6.95. The molecule has 1 atom stereocenters.